The third-order valence-corrected chi connectivity index (χ3v) is 5.88. The lowest BCUT2D eigenvalue weighted by Gasteiger charge is -2.29. The highest BCUT2D eigenvalue weighted by molar-refractivity contribution is 6.18. The molecule has 11 nitrogen and oxygen atoms in total. The fourth-order valence-electron chi connectivity index (χ4n) is 4.61. The number of phenolic OH excluding ortho intramolecular Hbond substituents is 2. The Bertz CT molecular complexity index is 1200. The molecule has 2 rings (SSSR count). The predicted molar refractivity (Wildman–Crippen MR) is 186 cm³/mol. The normalized spacial score (nSPS) is 11.8. The van der Waals surface area contributed by atoms with Gasteiger partial charge in [-0.25, -0.2) is 0 Å². The van der Waals surface area contributed by atoms with Crippen molar-refractivity contribution in [1.29, 1.82) is 0 Å². The average molecular weight is 679 g/mol. The molecule has 0 aromatic heterocycles. The van der Waals surface area contributed by atoms with Crippen LogP contribution in [0.15, 0.2) is 0 Å². The molecule has 0 aliphatic carbocycles. The average Bonchev–Trinajstić information content (AvgIpc) is 2.91. The zero-order valence-electron chi connectivity index (χ0n) is 31.7. The summed E-state index contributed by atoms with van der Waals surface area (Å²) in [5.74, 6) is -2.09. The zero-order chi connectivity index (χ0) is 36.8. The summed E-state index contributed by atoms with van der Waals surface area (Å²) in [6, 6.07) is 0. The number of phenols is 2. The highest BCUT2D eigenvalue weighted by Crippen LogP contribution is 2.59. The second-order valence-electron chi connectivity index (χ2n) is 13.7. The van der Waals surface area contributed by atoms with Gasteiger partial charge in [0.15, 0.2) is 23.0 Å². The highest BCUT2D eigenvalue weighted by Gasteiger charge is 2.41. The monoisotopic (exact) mass is 678 g/mol. The number of carbonyl (C=O) groups is 1. The summed E-state index contributed by atoms with van der Waals surface area (Å²) in [6.07, 6.45) is -3.58. The van der Waals surface area contributed by atoms with Gasteiger partial charge in [0.05, 0.1) is 48.8 Å². The first-order chi connectivity index (χ1) is 22.2. The minimum Gasteiger partial charge on any atom is -0.501 e. The van der Waals surface area contributed by atoms with E-state index in [1.165, 1.54) is 0 Å². The molecule has 0 amide bonds. The van der Waals surface area contributed by atoms with Crippen LogP contribution in [0.25, 0.3) is 0 Å². The number of hydrogen-bond acceptors (Lipinski definition) is 11. The van der Waals surface area contributed by atoms with E-state index in [0.29, 0.717) is 0 Å². The van der Waals surface area contributed by atoms with E-state index in [0.717, 1.165) is 0 Å². The molecule has 2 aromatic carbocycles. The molecule has 0 aliphatic heterocycles. The number of ketones is 1. The van der Waals surface area contributed by atoms with Gasteiger partial charge >= 0.3 is 0 Å². The molecule has 0 heterocycles. The molecule has 0 atom stereocenters. The number of rotatable bonds is 18. The maximum absolute atomic E-state index is 15.5. The molecule has 2 aromatic rings. The summed E-state index contributed by atoms with van der Waals surface area (Å²) in [5.41, 5.74) is -0.221. The second-order valence-corrected chi connectivity index (χ2v) is 13.7. The fourth-order valence-corrected chi connectivity index (χ4v) is 4.61. The molecular weight excluding hydrogens is 620 g/mol. The number of hydrogen-bond donors (Lipinski definition) is 2. The lowest BCUT2D eigenvalue weighted by Crippen LogP contribution is -2.22. The summed E-state index contributed by atoms with van der Waals surface area (Å²) in [4.78, 5) is 15.5. The molecule has 0 radical (unpaired) electrons. The van der Waals surface area contributed by atoms with Crippen LogP contribution < -0.4 is 37.9 Å². The number of carbonyl (C=O) groups excluding carboxylic acids is 1. The minimum atomic E-state index is -0.697. The molecular formula is C37H58O11. The summed E-state index contributed by atoms with van der Waals surface area (Å²) < 4.78 is 49.7. The van der Waals surface area contributed by atoms with Crippen molar-refractivity contribution in [3.63, 3.8) is 0 Å². The van der Waals surface area contributed by atoms with E-state index in [-0.39, 0.29) is 68.6 Å². The van der Waals surface area contributed by atoms with Gasteiger partial charge in [0, 0.05) is 0 Å². The van der Waals surface area contributed by atoms with E-state index >= 15 is 4.79 Å². The maximum Gasteiger partial charge on any atom is 0.208 e. The van der Waals surface area contributed by atoms with Crippen molar-refractivity contribution in [2.24, 2.45) is 0 Å². The Balaban J connectivity index is 3.43. The van der Waals surface area contributed by atoms with Crippen LogP contribution in [0.3, 0.4) is 0 Å². The van der Waals surface area contributed by atoms with Gasteiger partial charge in [-0.3, -0.25) is 4.79 Å². The molecule has 0 unspecified atom stereocenters. The van der Waals surface area contributed by atoms with Gasteiger partial charge in [-0.15, -0.1) is 0 Å². The largest absolute Gasteiger partial charge is 0.501 e. The van der Waals surface area contributed by atoms with Gasteiger partial charge < -0.3 is 48.1 Å². The number of benzene rings is 2. The molecule has 0 aliphatic rings. The van der Waals surface area contributed by atoms with Crippen LogP contribution in [-0.4, -0.2) is 64.8 Å². The van der Waals surface area contributed by atoms with E-state index in [2.05, 4.69) is 0 Å². The highest BCUT2D eigenvalue weighted by atomic mass is 16.6. The summed E-state index contributed by atoms with van der Waals surface area (Å²) in [5, 5.41) is 23.4. The van der Waals surface area contributed by atoms with Gasteiger partial charge in [0.2, 0.25) is 40.3 Å². The molecule has 2 N–H and O–H groups in total. The Labute approximate surface area is 286 Å². The van der Waals surface area contributed by atoms with Crippen molar-refractivity contribution >= 4 is 5.78 Å². The Morgan fingerprint density at radius 3 is 0.625 bits per heavy atom. The second kappa shape index (κ2) is 17.0. The molecule has 0 saturated carbocycles. The van der Waals surface area contributed by atoms with E-state index in [1.807, 2.05) is 0 Å². The first kappa shape index (κ1) is 40.3. The van der Waals surface area contributed by atoms with Crippen LogP contribution in [0.1, 0.15) is 127 Å². The van der Waals surface area contributed by atoms with Crippen molar-refractivity contribution in [3.8, 4) is 57.5 Å². The van der Waals surface area contributed by atoms with Gasteiger partial charge in [-0.2, -0.15) is 0 Å². The molecule has 48 heavy (non-hydrogen) atoms. The molecule has 11 heteroatoms. The summed E-state index contributed by atoms with van der Waals surface area (Å²) >= 11 is 0. The molecule has 272 valence electrons. The van der Waals surface area contributed by atoms with Crippen LogP contribution in [0.2, 0.25) is 0 Å². The zero-order valence-corrected chi connectivity index (χ0v) is 31.7. The summed E-state index contributed by atoms with van der Waals surface area (Å²) in [7, 11) is 0. The van der Waals surface area contributed by atoms with Gasteiger partial charge in [0.1, 0.15) is 11.1 Å². The smallest absolute Gasteiger partial charge is 0.208 e. The third kappa shape index (κ3) is 10.1. The van der Waals surface area contributed by atoms with E-state index in [4.69, 9.17) is 37.9 Å². The Hall–Kier alpha value is -3.89. The van der Waals surface area contributed by atoms with Crippen molar-refractivity contribution in [2.45, 2.75) is 160 Å². The van der Waals surface area contributed by atoms with Gasteiger partial charge in [-0.05, 0) is 111 Å². The number of aromatic hydroxyl groups is 2. The standard InChI is InChI=1S/C37H58O11/c1-17(2)41-30-25(31(42-18(3)4)35(46-22(11)12)28(39)34(30)45-21(9)10)27(38)26-32(43-19(5)6)36(47-23(13)14)29(40)37(48-24(15)16)33(26)44-20(7)8/h17-24,39-40H,1-16H3. The van der Waals surface area contributed by atoms with Crippen molar-refractivity contribution < 1.29 is 52.9 Å². The van der Waals surface area contributed by atoms with E-state index in [1.54, 1.807) is 111 Å². The molecule has 0 bridgehead atoms. The Morgan fingerprint density at radius 2 is 0.479 bits per heavy atom. The minimum absolute atomic E-state index is 0.0651. The van der Waals surface area contributed by atoms with Crippen LogP contribution in [0, 0.1) is 0 Å². The quantitative estimate of drug-likeness (QED) is 0.147. The predicted octanol–water partition coefficient (Wildman–Crippen LogP) is 8.63. The summed E-state index contributed by atoms with van der Waals surface area (Å²) in [6.45, 7) is 28.6. The molecule has 0 saturated heterocycles. The van der Waals surface area contributed by atoms with Gasteiger partial charge in [-0.1, -0.05) is 0 Å². The van der Waals surface area contributed by atoms with Crippen molar-refractivity contribution in [2.75, 3.05) is 0 Å². The molecule has 0 fully saturated rings. The third-order valence-electron chi connectivity index (χ3n) is 5.88. The van der Waals surface area contributed by atoms with Crippen molar-refractivity contribution in [3.05, 3.63) is 11.1 Å². The van der Waals surface area contributed by atoms with Crippen molar-refractivity contribution in [1.82, 2.24) is 0 Å². The Morgan fingerprint density at radius 1 is 0.333 bits per heavy atom. The van der Waals surface area contributed by atoms with E-state index in [9.17, 15) is 10.2 Å². The number of ether oxygens (including phenoxy) is 8. The molecule has 0 spiro atoms. The topological polar surface area (TPSA) is 131 Å². The Kier molecular flexibility index (Phi) is 14.2. The van der Waals surface area contributed by atoms with Crippen LogP contribution in [0.5, 0.6) is 57.5 Å². The van der Waals surface area contributed by atoms with E-state index < -0.39 is 54.6 Å². The van der Waals surface area contributed by atoms with Crippen LogP contribution >= 0.6 is 0 Å². The fraction of sp³-hybridized carbons (Fsp3) is 0.649. The van der Waals surface area contributed by atoms with Crippen LogP contribution in [-0.2, 0) is 0 Å². The first-order valence-electron chi connectivity index (χ1n) is 16.9. The first-order valence-corrected chi connectivity index (χ1v) is 16.9. The SMILES string of the molecule is CC(C)Oc1c(O)c(OC(C)C)c(OC(C)C)c(C(=O)c2c(OC(C)C)c(OC(C)C)c(O)c(OC(C)C)c2OC(C)C)c1OC(C)C. The maximum atomic E-state index is 15.5. The van der Waals surface area contributed by atoms with Gasteiger partial charge in [0.25, 0.3) is 0 Å². The lowest BCUT2D eigenvalue weighted by atomic mass is 9.96. The lowest BCUT2D eigenvalue weighted by molar-refractivity contribution is 0.0994. The van der Waals surface area contributed by atoms with Crippen LogP contribution in [0.4, 0.5) is 0 Å².